The molecule has 0 bridgehead atoms. The first-order chi connectivity index (χ1) is 8.48. The lowest BCUT2D eigenvalue weighted by Crippen LogP contribution is -2.64. The molecule has 0 amide bonds. The van der Waals surface area contributed by atoms with Crippen molar-refractivity contribution in [1.29, 1.82) is 0 Å². The van der Waals surface area contributed by atoms with E-state index >= 15 is 0 Å². The molecule has 0 aromatic carbocycles. The Morgan fingerprint density at radius 1 is 1.28 bits per heavy atom. The van der Waals surface area contributed by atoms with E-state index in [1.165, 1.54) is 38.5 Å². The molecule has 2 aliphatic carbocycles. The van der Waals surface area contributed by atoms with Gasteiger partial charge in [-0.05, 0) is 50.5 Å². The third-order valence-corrected chi connectivity index (χ3v) is 5.81. The van der Waals surface area contributed by atoms with Crippen LogP contribution in [0.5, 0.6) is 0 Å². The number of hydrogen-bond donors (Lipinski definition) is 1. The zero-order valence-electron chi connectivity index (χ0n) is 12.8. The SMILES string of the molecule is CC1CCCC(N(C)C2(CN)CC(C(C)C)C2)C1. The largest absolute Gasteiger partial charge is 0.329 e. The third kappa shape index (κ3) is 2.60. The van der Waals surface area contributed by atoms with Gasteiger partial charge in [0.2, 0.25) is 0 Å². The van der Waals surface area contributed by atoms with Crippen molar-refractivity contribution in [2.45, 2.75) is 70.9 Å². The molecule has 0 radical (unpaired) electrons. The first kappa shape index (κ1) is 14.3. The van der Waals surface area contributed by atoms with Gasteiger partial charge in [-0.1, -0.05) is 33.6 Å². The van der Waals surface area contributed by atoms with Crippen molar-refractivity contribution in [3.63, 3.8) is 0 Å². The average molecular weight is 252 g/mol. The van der Waals surface area contributed by atoms with Crippen molar-refractivity contribution in [3.8, 4) is 0 Å². The first-order valence-electron chi connectivity index (χ1n) is 7.91. The van der Waals surface area contributed by atoms with Gasteiger partial charge in [0.1, 0.15) is 0 Å². The average Bonchev–Trinajstić information content (AvgIpc) is 2.27. The van der Waals surface area contributed by atoms with Gasteiger partial charge in [0.05, 0.1) is 0 Å². The minimum Gasteiger partial charge on any atom is -0.329 e. The molecule has 0 saturated heterocycles. The van der Waals surface area contributed by atoms with Gasteiger partial charge >= 0.3 is 0 Å². The third-order valence-electron chi connectivity index (χ3n) is 5.81. The smallest absolute Gasteiger partial charge is 0.0337 e. The van der Waals surface area contributed by atoms with Crippen LogP contribution in [0.25, 0.3) is 0 Å². The highest BCUT2D eigenvalue weighted by Crippen LogP contribution is 2.47. The molecule has 106 valence electrons. The summed E-state index contributed by atoms with van der Waals surface area (Å²) in [6.07, 6.45) is 8.24. The molecular formula is C16H32N2. The molecule has 0 heterocycles. The van der Waals surface area contributed by atoms with Crippen LogP contribution >= 0.6 is 0 Å². The molecule has 2 saturated carbocycles. The van der Waals surface area contributed by atoms with Gasteiger partial charge in [0, 0.05) is 18.1 Å². The number of nitrogens with zero attached hydrogens (tertiary/aromatic N) is 1. The van der Waals surface area contributed by atoms with Crippen molar-refractivity contribution in [2.75, 3.05) is 13.6 Å². The second kappa shape index (κ2) is 5.50. The summed E-state index contributed by atoms with van der Waals surface area (Å²) in [7, 11) is 2.34. The molecule has 0 spiro atoms. The summed E-state index contributed by atoms with van der Waals surface area (Å²) >= 11 is 0. The van der Waals surface area contributed by atoms with Crippen LogP contribution in [0.2, 0.25) is 0 Å². The maximum Gasteiger partial charge on any atom is 0.0337 e. The highest BCUT2D eigenvalue weighted by Gasteiger charge is 2.48. The topological polar surface area (TPSA) is 29.3 Å². The van der Waals surface area contributed by atoms with Gasteiger partial charge in [-0.15, -0.1) is 0 Å². The Labute approximate surface area is 113 Å². The zero-order valence-corrected chi connectivity index (χ0v) is 12.8. The summed E-state index contributed by atoms with van der Waals surface area (Å²) in [5, 5.41) is 0. The lowest BCUT2D eigenvalue weighted by atomic mass is 9.62. The molecule has 2 nitrogen and oxygen atoms in total. The summed E-state index contributed by atoms with van der Waals surface area (Å²) in [5.74, 6) is 2.63. The van der Waals surface area contributed by atoms with Crippen LogP contribution in [0.3, 0.4) is 0 Å². The fourth-order valence-electron chi connectivity index (χ4n) is 4.13. The fraction of sp³-hybridized carbons (Fsp3) is 1.00. The Bertz CT molecular complexity index is 268. The Morgan fingerprint density at radius 2 is 1.94 bits per heavy atom. The van der Waals surface area contributed by atoms with Crippen LogP contribution in [-0.4, -0.2) is 30.1 Å². The highest BCUT2D eigenvalue weighted by molar-refractivity contribution is 5.05. The van der Waals surface area contributed by atoms with E-state index in [0.717, 1.165) is 30.3 Å². The Kier molecular flexibility index (Phi) is 4.38. The van der Waals surface area contributed by atoms with Gasteiger partial charge in [-0.3, -0.25) is 4.90 Å². The molecule has 2 atom stereocenters. The Morgan fingerprint density at radius 3 is 2.44 bits per heavy atom. The van der Waals surface area contributed by atoms with Crippen molar-refractivity contribution in [2.24, 2.45) is 23.5 Å². The molecule has 2 rings (SSSR count). The van der Waals surface area contributed by atoms with E-state index in [0.29, 0.717) is 5.54 Å². The second-order valence-electron chi connectivity index (χ2n) is 7.38. The molecule has 2 unspecified atom stereocenters. The van der Waals surface area contributed by atoms with Gasteiger partial charge in [0.15, 0.2) is 0 Å². The van der Waals surface area contributed by atoms with Crippen LogP contribution in [0.15, 0.2) is 0 Å². The van der Waals surface area contributed by atoms with Crippen molar-refractivity contribution < 1.29 is 0 Å². The maximum absolute atomic E-state index is 6.13. The molecule has 2 aliphatic rings. The zero-order chi connectivity index (χ0) is 13.3. The summed E-state index contributed by atoms with van der Waals surface area (Å²) < 4.78 is 0. The lowest BCUT2D eigenvalue weighted by Gasteiger charge is -2.57. The van der Waals surface area contributed by atoms with E-state index in [9.17, 15) is 0 Å². The fourth-order valence-corrected chi connectivity index (χ4v) is 4.13. The minimum absolute atomic E-state index is 0.330. The molecule has 2 fully saturated rings. The van der Waals surface area contributed by atoms with Crippen LogP contribution < -0.4 is 5.73 Å². The van der Waals surface area contributed by atoms with Gasteiger partial charge in [-0.25, -0.2) is 0 Å². The molecular weight excluding hydrogens is 220 g/mol. The highest BCUT2D eigenvalue weighted by atomic mass is 15.2. The molecule has 0 aromatic heterocycles. The number of hydrogen-bond acceptors (Lipinski definition) is 2. The van der Waals surface area contributed by atoms with Crippen LogP contribution in [0, 0.1) is 17.8 Å². The maximum atomic E-state index is 6.13. The van der Waals surface area contributed by atoms with E-state index < -0.39 is 0 Å². The summed E-state index contributed by atoms with van der Waals surface area (Å²) in [4.78, 5) is 2.67. The predicted octanol–water partition coefficient (Wildman–Crippen LogP) is 3.26. The molecule has 2 heteroatoms. The molecule has 2 N–H and O–H groups in total. The van der Waals surface area contributed by atoms with E-state index in [1.807, 2.05) is 0 Å². The summed E-state index contributed by atoms with van der Waals surface area (Å²) in [6, 6.07) is 0.783. The number of likely N-dealkylation sites (N-methyl/N-ethyl adjacent to an activating group) is 1. The van der Waals surface area contributed by atoms with Gasteiger partial charge in [0.25, 0.3) is 0 Å². The standard InChI is InChI=1S/C16H32N2/c1-12(2)14-9-16(10-14,11-17)18(4)15-7-5-6-13(3)8-15/h12-15H,5-11,17H2,1-4H3. The van der Waals surface area contributed by atoms with Crippen molar-refractivity contribution in [1.82, 2.24) is 4.90 Å². The van der Waals surface area contributed by atoms with Crippen LogP contribution in [-0.2, 0) is 0 Å². The monoisotopic (exact) mass is 252 g/mol. The Balaban J connectivity index is 1.96. The molecule has 0 aromatic rings. The lowest BCUT2D eigenvalue weighted by molar-refractivity contribution is -0.0542. The Hall–Kier alpha value is -0.0800. The molecule has 0 aliphatic heterocycles. The number of rotatable bonds is 4. The predicted molar refractivity (Wildman–Crippen MR) is 78.5 cm³/mol. The van der Waals surface area contributed by atoms with Gasteiger partial charge in [-0.2, -0.15) is 0 Å². The van der Waals surface area contributed by atoms with E-state index in [4.69, 9.17) is 5.73 Å². The normalized spacial score (nSPS) is 41.2. The first-order valence-corrected chi connectivity index (χ1v) is 7.91. The summed E-state index contributed by atoms with van der Waals surface area (Å²) in [6.45, 7) is 7.96. The second-order valence-corrected chi connectivity index (χ2v) is 7.38. The van der Waals surface area contributed by atoms with E-state index in [-0.39, 0.29) is 0 Å². The van der Waals surface area contributed by atoms with Gasteiger partial charge < -0.3 is 5.73 Å². The van der Waals surface area contributed by atoms with E-state index in [2.05, 4.69) is 32.7 Å². The minimum atomic E-state index is 0.330. The van der Waals surface area contributed by atoms with Crippen LogP contribution in [0.1, 0.15) is 59.3 Å². The summed E-state index contributed by atoms with van der Waals surface area (Å²) in [5.41, 5.74) is 6.46. The molecule has 18 heavy (non-hydrogen) atoms. The van der Waals surface area contributed by atoms with Crippen molar-refractivity contribution in [3.05, 3.63) is 0 Å². The number of nitrogens with two attached hydrogens (primary N) is 1. The van der Waals surface area contributed by atoms with Crippen LogP contribution in [0.4, 0.5) is 0 Å². The van der Waals surface area contributed by atoms with Crippen molar-refractivity contribution >= 4 is 0 Å². The van der Waals surface area contributed by atoms with E-state index in [1.54, 1.807) is 0 Å². The quantitative estimate of drug-likeness (QED) is 0.832.